The molecule has 3 aromatic carbocycles. The van der Waals surface area contributed by atoms with Gasteiger partial charge in [-0.15, -0.1) is 0 Å². The largest absolute Gasteiger partial charge is 0.489 e. The maximum atomic E-state index is 12.0. The predicted octanol–water partition coefficient (Wildman–Crippen LogP) is 5.45. The number of ether oxygens (including phenoxy) is 1. The van der Waals surface area contributed by atoms with Gasteiger partial charge in [-0.1, -0.05) is 51.8 Å². The molecule has 6 heteroatoms. The van der Waals surface area contributed by atoms with Crippen molar-refractivity contribution in [1.82, 2.24) is 5.43 Å². The van der Waals surface area contributed by atoms with Crippen LogP contribution >= 0.6 is 27.5 Å². The van der Waals surface area contributed by atoms with Crippen LogP contribution in [0.4, 0.5) is 0 Å². The number of amides is 1. The minimum Gasteiger partial charge on any atom is -0.489 e. The molecule has 0 heterocycles. The molecule has 1 N–H and O–H groups in total. The molecule has 3 aromatic rings. The van der Waals surface area contributed by atoms with Crippen LogP contribution in [-0.4, -0.2) is 12.1 Å². The SMILES string of the molecule is O=C(N/N=C\c1cccc(OCc2ccc(Br)cc2)c1)c1ccc(Cl)cc1. The van der Waals surface area contributed by atoms with Crippen LogP contribution in [0.15, 0.2) is 82.4 Å². The standard InChI is InChI=1S/C21H16BrClN2O2/c22-18-8-4-15(5-9-18)14-27-20-3-1-2-16(12-20)13-24-25-21(26)17-6-10-19(23)11-7-17/h1-13H,14H2,(H,25,26)/b24-13-. The van der Waals surface area contributed by atoms with Crippen LogP contribution in [0.5, 0.6) is 5.75 Å². The Morgan fingerprint density at radius 3 is 2.56 bits per heavy atom. The zero-order valence-corrected chi connectivity index (χ0v) is 16.6. The lowest BCUT2D eigenvalue weighted by Crippen LogP contribution is -2.17. The van der Waals surface area contributed by atoms with Gasteiger partial charge in [0.05, 0.1) is 6.21 Å². The van der Waals surface area contributed by atoms with Gasteiger partial charge in [-0.3, -0.25) is 4.79 Å². The topological polar surface area (TPSA) is 50.7 Å². The van der Waals surface area contributed by atoms with Crippen molar-refractivity contribution in [2.45, 2.75) is 6.61 Å². The number of halogens is 2. The van der Waals surface area contributed by atoms with Gasteiger partial charge in [0.15, 0.2) is 0 Å². The van der Waals surface area contributed by atoms with Gasteiger partial charge in [-0.2, -0.15) is 5.10 Å². The molecule has 3 rings (SSSR count). The number of carbonyl (C=O) groups excluding carboxylic acids is 1. The molecule has 0 aliphatic rings. The van der Waals surface area contributed by atoms with Crippen LogP contribution in [0.3, 0.4) is 0 Å². The lowest BCUT2D eigenvalue weighted by molar-refractivity contribution is 0.0955. The van der Waals surface area contributed by atoms with Crippen LogP contribution in [0.1, 0.15) is 21.5 Å². The van der Waals surface area contributed by atoms with Crippen LogP contribution in [0.2, 0.25) is 5.02 Å². The molecule has 1 amide bonds. The maximum absolute atomic E-state index is 12.0. The second-order valence-electron chi connectivity index (χ2n) is 5.69. The molecule has 0 saturated carbocycles. The summed E-state index contributed by atoms with van der Waals surface area (Å²) in [6.45, 7) is 0.473. The third-order valence-electron chi connectivity index (χ3n) is 3.66. The Morgan fingerprint density at radius 1 is 1.07 bits per heavy atom. The van der Waals surface area contributed by atoms with Crippen molar-refractivity contribution in [2.24, 2.45) is 5.10 Å². The summed E-state index contributed by atoms with van der Waals surface area (Å²) in [6, 6.07) is 22.1. The Hall–Kier alpha value is -2.63. The number of hydrazone groups is 1. The van der Waals surface area contributed by atoms with Gasteiger partial charge >= 0.3 is 0 Å². The highest BCUT2D eigenvalue weighted by Gasteiger charge is 2.03. The summed E-state index contributed by atoms with van der Waals surface area (Å²) in [6.07, 6.45) is 1.57. The highest BCUT2D eigenvalue weighted by Crippen LogP contribution is 2.16. The minimum absolute atomic E-state index is 0.300. The minimum atomic E-state index is -0.300. The number of carbonyl (C=O) groups is 1. The van der Waals surface area contributed by atoms with Crippen molar-refractivity contribution in [3.63, 3.8) is 0 Å². The maximum Gasteiger partial charge on any atom is 0.271 e. The smallest absolute Gasteiger partial charge is 0.271 e. The Bertz CT molecular complexity index is 941. The predicted molar refractivity (Wildman–Crippen MR) is 111 cm³/mol. The quantitative estimate of drug-likeness (QED) is 0.407. The average molecular weight is 444 g/mol. The second-order valence-corrected chi connectivity index (χ2v) is 7.05. The third-order valence-corrected chi connectivity index (χ3v) is 4.44. The molecular formula is C21H16BrClN2O2. The highest BCUT2D eigenvalue weighted by atomic mass is 79.9. The molecule has 4 nitrogen and oxygen atoms in total. The van der Waals surface area contributed by atoms with Gasteiger partial charge < -0.3 is 4.74 Å². The fourth-order valence-electron chi connectivity index (χ4n) is 2.26. The highest BCUT2D eigenvalue weighted by molar-refractivity contribution is 9.10. The van der Waals surface area contributed by atoms with E-state index < -0.39 is 0 Å². The third kappa shape index (κ3) is 5.94. The van der Waals surface area contributed by atoms with E-state index in [1.165, 1.54) is 0 Å². The fraction of sp³-hybridized carbons (Fsp3) is 0.0476. The first-order chi connectivity index (χ1) is 13.1. The van der Waals surface area contributed by atoms with Gasteiger partial charge in [-0.25, -0.2) is 5.43 Å². The molecule has 0 unspecified atom stereocenters. The van der Waals surface area contributed by atoms with Crippen molar-refractivity contribution >= 4 is 39.7 Å². The van der Waals surface area contributed by atoms with Gasteiger partial charge in [0, 0.05) is 15.1 Å². The summed E-state index contributed by atoms with van der Waals surface area (Å²) in [5.41, 5.74) is 4.88. The molecule has 136 valence electrons. The fourth-order valence-corrected chi connectivity index (χ4v) is 2.65. The molecule has 0 fully saturated rings. The molecule has 0 aliphatic heterocycles. The molecule has 0 aliphatic carbocycles. The van der Waals surface area contributed by atoms with E-state index in [1.54, 1.807) is 30.5 Å². The van der Waals surface area contributed by atoms with Crippen LogP contribution in [-0.2, 0) is 6.61 Å². The molecule has 27 heavy (non-hydrogen) atoms. The first-order valence-electron chi connectivity index (χ1n) is 8.16. The summed E-state index contributed by atoms with van der Waals surface area (Å²) in [7, 11) is 0. The van der Waals surface area contributed by atoms with E-state index in [0.717, 1.165) is 21.3 Å². The summed E-state index contributed by atoms with van der Waals surface area (Å²) in [5, 5.41) is 4.57. The van der Waals surface area contributed by atoms with E-state index in [2.05, 4.69) is 26.5 Å². The van der Waals surface area contributed by atoms with Crippen molar-refractivity contribution in [1.29, 1.82) is 0 Å². The molecule has 0 aromatic heterocycles. The van der Waals surface area contributed by atoms with E-state index in [1.807, 2.05) is 48.5 Å². The molecule has 0 radical (unpaired) electrons. The Labute approximate surface area is 171 Å². The number of hydrogen-bond acceptors (Lipinski definition) is 3. The van der Waals surface area contributed by atoms with E-state index in [0.29, 0.717) is 17.2 Å². The van der Waals surface area contributed by atoms with Crippen LogP contribution in [0, 0.1) is 0 Å². The number of nitrogens with one attached hydrogen (secondary N) is 1. The van der Waals surface area contributed by atoms with Crippen molar-refractivity contribution in [3.8, 4) is 5.75 Å². The van der Waals surface area contributed by atoms with E-state index >= 15 is 0 Å². The van der Waals surface area contributed by atoms with Crippen LogP contribution in [0.25, 0.3) is 0 Å². The van der Waals surface area contributed by atoms with Gasteiger partial charge in [0.2, 0.25) is 0 Å². The molecule has 0 spiro atoms. The van der Waals surface area contributed by atoms with Crippen LogP contribution < -0.4 is 10.2 Å². The van der Waals surface area contributed by atoms with E-state index in [9.17, 15) is 4.79 Å². The zero-order valence-electron chi connectivity index (χ0n) is 14.2. The Morgan fingerprint density at radius 2 is 1.81 bits per heavy atom. The number of nitrogens with zero attached hydrogens (tertiary/aromatic N) is 1. The van der Waals surface area contributed by atoms with Gasteiger partial charge in [-0.05, 0) is 59.7 Å². The second kappa shape index (κ2) is 9.35. The number of rotatable bonds is 6. The number of benzene rings is 3. The molecule has 0 bridgehead atoms. The van der Waals surface area contributed by atoms with E-state index in [4.69, 9.17) is 16.3 Å². The summed E-state index contributed by atoms with van der Waals surface area (Å²) in [5.74, 6) is 0.427. The van der Waals surface area contributed by atoms with Crippen molar-refractivity contribution in [2.75, 3.05) is 0 Å². The summed E-state index contributed by atoms with van der Waals surface area (Å²) >= 11 is 9.22. The molecule has 0 atom stereocenters. The number of hydrogen-bond donors (Lipinski definition) is 1. The summed E-state index contributed by atoms with van der Waals surface area (Å²) in [4.78, 5) is 12.0. The van der Waals surface area contributed by atoms with Gasteiger partial charge in [0.1, 0.15) is 12.4 Å². The van der Waals surface area contributed by atoms with E-state index in [-0.39, 0.29) is 5.91 Å². The zero-order chi connectivity index (χ0) is 19.1. The van der Waals surface area contributed by atoms with Crippen molar-refractivity contribution < 1.29 is 9.53 Å². The normalized spacial score (nSPS) is 10.7. The monoisotopic (exact) mass is 442 g/mol. The Kier molecular flexibility index (Phi) is 6.63. The lowest BCUT2D eigenvalue weighted by Gasteiger charge is -2.07. The molecular weight excluding hydrogens is 428 g/mol. The molecule has 0 saturated heterocycles. The first-order valence-corrected chi connectivity index (χ1v) is 9.33. The van der Waals surface area contributed by atoms with Gasteiger partial charge in [0.25, 0.3) is 5.91 Å². The summed E-state index contributed by atoms with van der Waals surface area (Å²) < 4.78 is 6.84. The first kappa shape index (κ1) is 19.1. The average Bonchev–Trinajstić information content (AvgIpc) is 2.68. The Balaban J connectivity index is 1.56. The lowest BCUT2D eigenvalue weighted by atomic mass is 10.2. The van der Waals surface area contributed by atoms with Crippen molar-refractivity contribution in [3.05, 3.63) is 99.0 Å².